The third-order valence-corrected chi connectivity index (χ3v) is 7.80. The molecule has 0 unspecified atom stereocenters. The van der Waals surface area contributed by atoms with E-state index in [0.29, 0.717) is 6.61 Å². The van der Waals surface area contributed by atoms with Crippen LogP contribution >= 0.6 is 0 Å². The van der Waals surface area contributed by atoms with Crippen molar-refractivity contribution in [3.8, 4) is 11.8 Å². The molecule has 0 bridgehead atoms. The number of rotatable bonds is 2. The van der Waals surface area contributed by atoms with Crippen molar-refractivity contribution in [2.24, 2.45) is 0 Å². The monoisotopic (exact) mass is 246 g/mol. The van der Waals surface area contributed by atoms with E-state index in [1.165, 1.54) is 0 Å². The lowest BCUT2D eigenvalue weighted by atomic mass is 10.2. The fraction of sp³-hybridized carbons (Fsp3) is 0.467. The smallest absolute Gasteiger partial charge is 0.193 e. The van der Waals surface area contributed by atoms with Crippen molar-refractivity contribution in [2.45, 2.75) is 38.9 Å². The first kappa shape index (κ1) is 14.0. The summed E-state index contributed by atoms with van der Waals surface area (Å²) < 4.78 is 5.98. The molecule has 0 aliphatic heterocycles. The van der Waals surface area contributed by atoms with Crippen LogP contribution in [0.15, 0.2) is 30.3 Å². The zero-order chi connectivity index (χ0) is 12.9. The average Bonchev–Trinajstić information content (AvgIpc) is 2.24. The molecule has 0 aliphatic carbocycles. The van der Waals surface area contributed by atoms with Crippen LogP contribution in [0.3, 0.4) is 0 Å². The summed E-state index contributed by atoms with van der Waals surface area (Å²) in [5, 5.41) is 0.251. The Labute approximate surface area is 106 Å². The van der Waals surface area contributed by atoms with E-state index in [1.54, 1.807) is 0 Å². The Balaban J connectivity index is 2.52. The second-order valence-electron chi connectivity index (χ2n) is 5.72. The predicted octanol–water partition coefficient (Wildman–Crippen LogP) is 4.06. The van der Waals surface area contributed by atoms with Gasteiger partial charge in [-0.05, 0) is 30.3 Å². The summed E-state index contributed by atoms with van der Waals surface area (Å²) >= 11 is 0. The molecule has 1 rings (SSSR count). The maximum Gasteiger partial charge on any atom is 0.193 e. The fourth-order valence-corrected chi connectivity index (χ4v) is 1.96. The molecular weight excluding hydrogens is 224 g/mol. The number of hydrogen-bond donors (Lipinski definition) is 0. The van der Waals surface area contributed by atoms with Crippen LogP contribution in [0.5, 0.6) is 0 Å². The van der Waals surface area contributed by atoms with Crippen LogP contribution in [0.2, 0.25) is 18.1 Å². The van der Waals surface area contributed by atoms with Gasteiger partial charge in [0.1, 0.15) is 0 Å². The van der Waals surface area contributed by atoms with E-state index < -0.39 is 8.32 Å². The number of hydrogen-bond acceptors (Lipinski definition) is 1. The summed E-state index contributed by atoms with van der Waals surface area (Å²) in [7, 11) is -1.65. The van der Waals surface area contributed by atoms with Gasteiger partial charge in [-0.3, -0.25) is 0 Å². The van der Waals surface area contributed by atoms with E-state index in [1.807, 2.05) is 30.3 Å². The van der Waals surface area contributed by atoms with E-state index >= 15 is 0 Å². The van der Waals surface area contributed by atoms with Gasteiger partial charge in [-0.25, -0.2) is 0 Å². The minimum Gasteiger partial charge on any atom is -0.406 e. The Morgan fingerprint density at radius 1 is 1.12 bits per heavy atom. The van der Waals surface area contributed by atoms with Gasteiger partial charge in [-0.2, -0.15) is 0 Å². The Hall–Kier alpha value is -1.04. The van der Waals surface area contributed by atoms with Crippen LogP contribution in [0, 0.1) is 11.8 Å². The lowest BCUT2D eigenvalue weighted by molar-refractivity contribution is 0.334. The van der Waals surface area contributed by atoms with Crippen LogP contribution in [0.25, 0.3) is 0 Å². The normalized spacial score (nSPS) is 11.8. The van der Waals surface area contributed by atoms with Crippen LogP contribution < -0.4 is 0 Å². The van der Waals surface area contributed by atoms with Crippen molar-refractivity contribution in [3.05, 3.63) is 35.9 Å². The zero-order valence-electron chi connectivity index (χ0n) is 11.5. The Bertz CT molecular complexity index is 404. The van der Waals surface area contributed by atoms with Crippen molar-refractivity contribution in [1.29, 1.82) is 0 Å². The highest BCUT2D eigenvalue weighted by molar-refractivity contribution is 6.74. The van der Waals surface area contributed by atoms with Crippen molar-refractivity contribution >= 4 is 8.32 Å². The molecule has 17 heavy (non-hydrogen) atoms. The maximum atomic E-state index is 5.98. The predicted molar refractivity (Wildman–Crippen MR) is 76.5 cm³/mol. The van der Waals surface area contributed by atoms with E-state index in [4.69, 9.17) is 4.43 Å². The topological polar surface area (TPSA) is 9.23 Å². The quantitative estimate of drug-likeness (QED) is 0.565. The summed E-state index contributed by atoms with van der Waals surface area (Å²) in [6, 6.07) is 10.0. The van der Waals surface area contributed by atoms with Gasteiger partial charge in [0.2, 0.25) is 0 Å². The first-order chi connectivity index (χ1) is 7.83. The molecule has 0 fully saturated rings. The van der Waals surface area contributed by atoms with Crippen molar-refractivity contribution < 1.29 is 4.43 Å². The molecule has 0 aromatic heterocycles. The molecule has 1 nitrogen and oxygen atoms in total. The third kappa shape index (κ3) is 4.38. The van der Waals surface area contributed by atoms with Gasteiger partial charge in [0.15, 0.2) is 8.32 Å². The summed E-state index contributed by atoms with van der Waals surface area (Å²) in [5.41, 5.74) is 1.05. The van der Waals surface area contributed by atoms with Crippen molar-refractivity contribution in [1.82, 2.24) is 0 Å². The van der Waals surface area contributed by atoms with E-state index in [9.17, 15) is 0 Å². The molecule has 0 spiro atoms. The molecule has 2 heteroatoms. The summed E-state index contributed by atoms with van der Waals surface area (Å²) in [6.45, 7) is 11.7. The molecule has 1 aromatic rings. The minimum absolute atomic E-state index is 0.251. The molecule has 0 radical (unpaired) electrons. The van der Waals surface area contributed by atoms with E-state index in [0.717, 1.165) is 5.56 Å². The Morgan fingerprint density at radius 2 is 1.71 bits per heavy atom. The van der Waals surface area contributed by atoms with Gasteiger partial charge in [0.25, 0.3) is 0 Å². The minimum atomic E-state index is -1.65. The van der Waals surface area contributed by atoms with Gasteiger partial charge < -0.3 is 4.43 Å². The largest absolute Gasteiger partial charge is 0.406 e. The Morgan fingerprint density at radius 3 is 2.24 bits per heavy atom. The molecule has 1 aromatic carbocycles. The Kier molecular flexibility index (Phi) is 4.56. The van der Waals surface area contributed by atoms with E-state index in [-0.39, 0.29) is 5.04 Å². The van der Waals surface area contributed by atoms with Crippen molar-refractivity contribution in [2.75, 3.05) is 6.61 Å². The molecule has 0 N–H and O–H groups in total. The lowest BCUT2D eigenvalue weighted by Gasteiger charge is -2.35. The highest BCUT2D eigenvalue weighted by Crippen LogP contribution is 2.36. The highest BCUT2D eigenvalue weighted by atomic mass is 28.4. The lowest BCUT2D eigenvalue weighted by Crippen LogP contribution is -2.40. The van der Waals surface area contributed by atoms with Crippen LogP contribution in [-0.4, -0.2) is 14.9 Å². The van der Waals surface area contributed by atoms with Crippen LogP contribution in [0.4, 0.5) is 0 Å². The van der Waals surface area contributed by atoms with E-state index in [2.05, 4.69) is 45.7 Å². The van der Waals surface area contributed by atoms with Gasteiger partial charge in [-0.1, -0.05) is 50.8 Å². The molecule has 0 aliphatic rings. The molecule has 0 heterocycles. The van der Waals surface area contributed by atoms with Gasteiger partial charge >= 0.3 is 0 Å². The second-order valence-corrected chi connectivity index (χ2v) is 10.5. The second kappa shape index (κ2) is 5.53. The average molecular weight is 246 g/mol. The summed E-state index contributed by atoms with van der Waals surface area (Å²) in [5.74, 6) is 6.21. The first-order valence-corrected chi connectivity index (χ1v) is 8.92. The molecule has 0 saturated carbocycles. The van der Waals surface area contributed by atoms with Gasteiger partial charge in [-0.15, -0.1) is 0 Å². The molecule has 0 atom stereocenters. The summed E-state index contributed by atoms with van der Waals surface area (Å²) in [4.78, 5) is 0. The molecule has 92 valence electrons. The maximum absolute atomic E-state index is 5.98. The summed E-state index contributed by atoms with van der Waals surface area (Å²) in [6.07, 6.45) is 0. The SMILES string of the molecule is CC(C)(C)[Si](C)(C)OCC#Cc1ccccc1. The molecular formula is C15H22OSi. The third-order valence-electron chi connectivity index (χ3n) is 3.32. The van der Waals surface area contributed by atoms with Gasteiger partial charge in [0.05, 0.1) is 6.61 Å². The highest BCUT2D eigenvalue weighted by Gasteiger charge is 2.36. The molecule has 0 amide bonds. The first-order valence-electron chi connectivity index (χ1n) is 6.01. The van der Waals surface area contributed by atoms with Crippen molar-refractivity contribution in [3.63, 3.8) is 0 Å². The number of benzene rings is 1. The zero-order valence-corrected chi connectivity index (χ0v) is 12.5. The van der Waals surface area contributed by atoms with Crippen LogP contribution in [0.1, 0.15) is 26.3 Å². The van der Waals surface area contributed by atoms with Gasteiger partial charge in [0, 0.05) is 5.56 Å². The molecule has 0 saturated heterocycles. The standard InChI is InChI=1S/C15H22OSi/c1-15(2,3)17(4,5)16-13-9-12-14-10-7-6-8-11-14/h6-8,10-11H,13H2,1-5H3. The van der Waals surface area contributed by atoms with Crippen LogP contribution in [-0.2, 0) is 4.43 Å². The fourth-order valence-electron chi connectivity index (χ4n) is 1.09.